The van der Waals surface area contributed by atoms with E-state index in [2.05, 4.69) is 15.4 Å². The summed E-state index contributed by atoms with van der Waals surface area (Å²) in [4.78, 5) is 26.8. The van der Waals surface area contributed by atoms with E-state index < -0.39 is 45.6 Å². The van der Waals surface area contributed by atoms with Crippen molar-refractivity contribution in [2.75, 3.05) is 27.7 Å². The average Bonchev–Trinajstić information content (AvgIpc) is 2.86. The molecule has 0 radical (unpaired) electrons. The predicted molar refractivity (Wildman–Crippen MR) is 140 cm³/mol. The number of benzene rings is 3. The van der Waals surface area contributed by atoms with Gasteiger partial charge in [0.1, 0.15) is 6.04 Å². The number of piperidine rings is 1. The second kappa shape index (κ2) is 11.3. The number of halogens is 5. The molecule has 0 saturated carbocycles. The summed E-state index contributed by atoms with van der Waals surface area (Å²) in [6.45, 7) is 0.108. The Bertz CT molecular complexity index is 1570. The maximum absolute atomic E-state index is 14.2. The third-order valence-electron chi connectivity index (χ3n) is 6.07. The molecular weight excluding hydrogens is 576 g/mol. The van der Waals surface area contributed by atoms with Gasteiger partial charge in [-0.25, -0.2) is 17.6 Å². The molecule has 8 nitrogen and oxygen atoms in total. The van der Waals surface area contributed by atoms with Gasteiger partial charge in [0.15, 0.2) is 17.4 Å². The summed E-state index contributed by atoms with van der Waals surface area (Å²) in [6, 6.07) is 10.8. The molecule has 0 aliphatic carbocycles. The summed E-state index contributed by atoms with van der Waals surface area (Å²) in [6.07, 6.45) is -3.35. The molecule has 14 heteroatoms. The highest BCUT2D eigenvalue weighted by Gasteiger charge is 2.37. The number of rotatable bonds is 6. The number of alkyl halides is 3. The van der Waals surface area contributed by atoms with Crippen molar-refractivity contribution in [2.24, 2.45) is 0 Å². The minimum Gasteiger partial charge on any atom is -0.326 e. The number of carbonyl (C=O) groups is 2. The molecule has 0 spiro atoms. The van der Waals surface area contributed by atoms with Crippen molar-refractivity contribution in [3.8, 4) is 11.1 Å². The lowest BCUT2D eigenvalue weighted by Crippen LogP contribution is -2.53. The molecule has 212 valence electrons. The molecule has 3 N–H and O–H groups in total. The lowest BCUT2D eigenvalue weighted by Gasteiger charge is -2.33. The van der Waals surface area contributed by atoms with Gasteiger partial charge in [-0.1, -0.05) is 24.3 Å². The van der Waals surface area contributed by atoms with Crippen LogP contribution in [0.5, 0.6) is 0 Å². The van der Waals surface area contributed by atoms with Crippen LogP contribution in [0.15, 0.2) is 60.7 Å². The highest BCUT2D eigenvalue weighted by molar-refractivity contribution is 7.92. The van der Waals surface area contributed by atoms with Crippen molar-refractivity contribution >= 4 is 39.0 Å². The Hall–Kier alpha value is -3.84. The van der Waals surface area contributed by atoms with Crippen LogP contribution < -0.4 is 20.3 Å². The van der Waals surface area contributed by atoms with Gasteiger partial charge in [-0.3, -0.25) is 9.52 Å². The Kier molecular flexibility index (Phi) is 8.26. The summed E-state index contributed by atoms with van der Waals surface area (Å²) in [5, 5.41) is 4.98. The van der Waals surface area contributed by atoms with Gasteiger partial charge in [-0.15, -0.1) is 0 Å². The maximum atomic E-state index is 14.2. The van der Waals surface area contributed by atoms with Gasteiger partial charge in [0, 0.05) is 29.9 Å². The fourth-order valence-corrected chi connectivity index (χ4v) is 5.10. The first-order valence-electron chi connectivity index (χ1n) is 11.9. The molecule has 1 fully saturated rings. The number of hydrogen-bond acceptors (Lipinski definition) is 4. The number of nitrogens with zero attached hydrogens (tertiary/aromatic N) is 1. The molecule has 1 aliphatic rings. The molecule has 3 aromatic carbocycles. The van der Waals surface area contributed by atoms with E-state index in [1.165, 1.54) is 48.5 Å². The molecule has 3 amide bonds. The smallest absolute Gasteiger partial charge is 0.326 e. The van der Waals surface area contributed by atoms with Gasteiger partial charge in [0.05, 0.1) is 23.2 Å². The van der Waals surface area contributed by atoms with Gasteiger partial charge in [-0.2, -0.15) is 13.2 Å². The van der Waals surface area contributed by atoms with Crippen molar-refractivity contribution in [1.29, 1.82) is 0 Å². The van der Waals surface area contributed by atoms with Crippen LogP contribution in [0.2, 0.25) is 5.02 Å². The summed E-state index contributed by atoms with van der Waals surface area (Å²) >= 11 is 4.86. The molecular formula is C26H24ClF4N4O4S+. The topological polar surface area (TPSA) is 108 Å². The van der Waals surface area contributed by atoms with Crippen LogP contribution in [0.3, 0.4) is 0 Å². The van der Waals surface area contributed by atoms with Crippen LogP contribution in [0, 0.1) is 17.4 Å². The van der Waals surface area contributed by atoms with Crippen LogP contribution >= 0.6 is 0 Å². The molecule has 3 aromatic rings. The molecule has 1 saturated heterocycles. The second-order valence-corrected chi connectivity index (χ2v) is 11.3. The third kappa shape index (κ3) is 6.83. The average molecular weight is 600 g/mol. The molecule has 4 rings (SSSR count). The standard InChI is InChI=1S/C26H23ClF4N4O4S/c1-40(38,39)34-21-6-3-2-5-18(21)17-10-9-16(14-19(17)26(29,30)31)35-12-4-7-23(24(35)36)33-25(37)32-22-11-8-15(27)13-20(22)28/h2-3,5-6,8-11,13-14,23,27,34H,4,7,12H2,1H3,(H-,32,33,37)/p+1/t23-/m1/s1. The number of para-hydroxylation sites is 1. The molecule has 0 unspecified atom stereocenters. The second-order valence-electron chi connectivity index (χ2n) is 9.07. The number of hydrogen-bond donors (Lipinski definition) is 3. The Morgan fingerprint density at radius 3 is 2.42 bits per heavy atom. The van der Waals surface area contributed by atoms with Crippen LogP contribution in [-0.4, -0.2) is 39.2 Å². The van der Waals surface area contributed by atoms with E-state index in [4.69, 9.17) is 11.6 Å². The van der Waals surface area contributed by atoms with Crippen LogP contribution in [0.4, 0.5) is 39.4 Å². The zero-order valence-corrected chi connectivity index (χ0v) is 22.5. The van der Waals surface area contributed by atoms with E-state index in [1.54, 1.807) is 0 Å². The SMILES string of the molecule is CS(=O)(=O)Nc1ccccc1-c1ccc(N2CCC[C@@H](NC(=O)Nc3ccc([ClH+])cc3F)C2=O)cc1C(F)(F)F. The van der Waals surface area contributed by atoms with E-state index in [0.717, 1.165) is 23.3 Å². The fraction of sp³-hybridized carbons (Fsp3) is 0.231. The van der Waals surface area contributed by atoms with Gasteiger partial charge >= 0.3 is 12.2 Å². The number of urea groups is 1. The first-order valence-corrected chi connectivity index (χ1v) is 14.2. The molecule has 0 bridgehead atoms. The van der Waals surface area contributed by atoms with E-state index in [0.29, 0.717) is 6.42 Å². The van der Waals surface area contributed by atoms with Gasteiger partial charge in [0.2, 0.25) is 21.0 Å². The summed E-state index contributed by atoms with van der Waals surface area (Å²) in [5.74, 6) is -1.39. The fourth-order valence-electron chi connectivity index (χ4n) is 4.36. The quantitative estimate of drug-likeness (QED) is 0.351. The zero-order chi connectivity index (χ0) is 29.2. The lowest BCUT2D eigenvalue weighted by atomic mass is 9.96. The van der Waals surface area contributed by atoms with E-state index in [-0.39, 0.29) is 46.2 Å². The molecule has 0 aromatic heterocycles. The van der Waals surface area contributed by atoms with Crippen molar-refractivity contribution in [3.63, 3.8) is 0 Å². The number of anilines is 3. The van der Waals surface area contributed by atoms with Gasteiger partial charge in [0.25, 0.3) is 0 Å². The van der Waals surface area contributed by atoms with Gasteiger partial charge in [-0.05, 0) is 42.7 Å². The zero-order valence-electron chi connectivity index (χ0n) is 20.9. The Morgan fingerprint density at radius 1 is 1.02 bits per heavy atom. The Morgan fingerprint density at radius 2 is 1.75 bits per heavy atom. The lowest BCUT2D eigenvalue weighted by molar-refractivity contribution is -0.289. The van der Waals surface area contributed by atoms with Crippen molar-refractivity contribution in [1.82, 2.24) is 5.32 Å². The van der Waals surface area contributed by atoms with Gasteiger partial charge < -0.3 is 15.5 Å². The van der Waals surface area contributed by atoms with Crippen LogP contribution in [0.25, 0.3) is 11.1 Å². The van der Waals surface area contributed by atoms with E-state index in [9.17, 15) is 35.6 Å². The number of sulfonamides is 1. The molecule has 1 aliphatic heterocycles. The Balaban J connectivity index is 1.60. The normalized spacial score (nSPS) is 16.0. The molecule has 1 heterocycles. The maximum Gasteiger partial charge on any atom is 0.417 e. The third-order valence-corrected chi connectivity index (χ3v) is 6.91. The molecule has 40 heavy (non-hydrogen) atoms. The first kappa shape index (κ1) is 29.2. The minimum atomic E-state index is -4.84. The van der Waals surface area contributed by atoms with Crippen LogP contribution in [0.1, 0.15) is 18.4 Å². The first-order chi connectivity index (χ1) is 18.7. The Labute approximate surface area is 232 Å². The largest absolute Gasteiger partial charge is 0.417 e. The number of nitrogens with one attached hydrogen (secondary N) is 3. The van der Waals surface area contributed by atoms with E-state index >= 15 is 0 Å². The van der Waals surface area contributed by atoms with Crippen LogP contribution in [-0.2, 0) is 21.0 Å². The summed E-state index contributed by atoms with van der Waals surface area (Å²) in [7, 11) is -3.78. The highest BCUT2D eigenvalue weighted by Crippen LogP contribution is 2.42. The highest BCUT2D eigenvalue weighted by atomic mass is 35.5. The summed E-state index contributed by atoms with van der Waals surface area (Å²) in [5.41, 5.74) is -1.59. The predicted octanol–water partition coefficient (Wildman–Crippen LogP) is 4.90. The van der Waals surface area contributed by atoms with E-state index in [1.807, 2.05) is 0 Å². The summed E-state index contributed by atoms with van der Waals surface area (Å²) < 4.78 is 82.4. The number of amides is 3. The minimum absolute atomic E-state index is 0.00397. The monoisotopic (exact) mass is 599 g/mol. The number of carbonyl (C=O) groups excluding carboxylic acids is 2. The molecule has 1 atom stereocenters. The van der Waals surface area contributed by atoms with Crippen molar-refractivity contribution in [3.05, 3.63) is 77.1 Å². The van der Waals surface area contributed by atoms with Crippen molar-refractivity contribution in [2.45, 2.75) is 25.1 Å². The van der Waals surface area contributed by atoms with Crippen molar-refractivity contribution < 1.29 is 47.2 Å².